The Morgan fingerprint density at radius 2 is 1.81 bits per heavy atom. The Labute approximate surface area is 160 Å². The van der Waals surface area contributed by atoms with Crippen LogP contribution in [0.2, 0.25) is 5.02 Å². The first-order valence-corrected chi connectivity index (χ1v) is 8.70. The Morgan fingerprint density at radius 3 is 2.59 bits per heavy atom. The van der Waals surface area contributed by atoms with E-state index in [9.17, 15) is 4.79 Å². The van der Waals surface area contributed by atoms with E-state index in [2.05, 4.69) is 15.2 Å². The van der Waals surface area contributed by atoms with Gasteiger partial charge in [-0.05, 0) is 19.1 Å². The van der Waals surface area contributed by atoms with Crippen molar-refractivity contribution in [1.29, 1.82) is 0 Å². The van der Waals surface area contributed by atoms with Crippen LogP contribution in [0, 0.1) is 6.92 Å². The summed E-state index contributed by atoms with van der Waals surface area (Å²) < 4.78 is 6.57. The molecule has 6 nitrogen and oxygen atoms in total. The summed E-state index contributed by atoms with van der Waals surface area (Å²) in [6.07, 6.45) is 0. The number of aryl methyl sites for hydroxylation is 1. The van der Waals surface area contributed by atoms with E-state index in [1.807, 2.05) is 49.4 Å². The molecule has 0 saturated carbocycles. The summed E-state index contributed by atoms with van der Waals surface area (Å²) in [7, 11) is 0. The van der Waals surface area contributed by atoms with Crippen molar-refractivity contribution in [2.75, 3.05) is 0 Å². The van der Waals surface area contributed by atoms with E-state index in [0.29, 0.717) is 22.4 Å². The molecule has 0 spiro atoms. The highest BCUT2D eigenvalue weighted by molar-refractivity contribution is 6.33. The fourth-order valence-corrected chi connectivity index (χ4v) is 2.87. The van der Waals surface area contributed by atoms with Gasteiger partial charge < -0.3 is 4.52 Å². The minimum absolute atomic E-state index is 0.0794. The normalized spacial score (nSPS) is 10.9. The number of halogens is 1. The third-order valence-electron chi connectivity index (χ3n) is 4.08. The van der Waals surface area contributed by atoms with Crippen LogP contribution < -0.4 is 5.56 Å². The van der Waals surface area contributed by atoms with Crippen molar-refractivity contribution >= 4 is 11.6 Å². The van der Waals surface area contributed by atoms with E-state index in [1.54, 1.807) is 12.1 Å². The molecule has 0 aliphatic carbocycles. The molecule has 2 aromatic carbocycles. The maximum absolute atomic E-state index is 12.2. The lowest BCUT2D eigenvalue weighted by Gasteiger charge is -2.06. The number of nitrogens with zero attached hydrogens (tertiary/aromatic N) is 4. The molecule has 0 saturated heterocycles. The van der Waals surface area contributed by atoms with Gasteiger partial charge in [0.05, 0.1) is 10.7 Å². The summed E-state index contributed by atoms with van der Waals surface area (Å²) in [5.41, 5.74) is 3.08. The van der Waals surface area contributed by atoms with Crippen molar-refractivity contribution in [2.24, 2.45) is 0 Å². The maximum Gasteiger partial charge on any atom is 0.267 e. The van der Waals surface area contributed by atoms with Gasteiger partial charge in [0, 0.05) is 17.2 Å². The Morgan fingerprint density at radius 1 is 1.04 bits per heavy atom. The van der Waals surface area contributed by atoms with E-state index >= 15 is 0 Å². The average molecular weight is 379 g/mol. The standard InChI is InChI=1S/C20H15ClN4O2/c1-13-6-8-14(9-7-13)20-22-18(27-24-20)12-25-19(26)11-10-17(23-25)15-4-2-3-5-16(15)21/h2-11H,12H2,1H3. The van der Waals surface area contributed by atoms with E-state index in [-0.39, 0.29) is 12.1 Å². The molecule has 134 valence electrons. The van der Waals surface area contributed by atoms with Gasteiger partial charge in [-0.25, -0.2) is 4.68 Å². The van der Waals surface area contributed by atoms with Crippen molar-refractivity contribution in [1.82, 2.24) is 19.9 Å². The lowest BCUT2D eigenvalue weighted by atomic mass is 10.1. The van der Waals surface area contributed by atoms with Gasteiger partial charge in [0.15, 0.2) is 0 Å². The highest BCUT2D eigenvalue weighted by atomic mass is 35.5. The molecule has 2 aromatic heterocycles. The maximum atomic E-state index is 12.2. The van der Waals surface area contributed by atoms with Crippen LogP contribution in [-0.4, -0.2) is 19.9 Å². The minimum atomic E-state index is -0.263. The first-order chi connectivity index (χ1) is 13.1. The molecule has 4 rings (SSSR count). The molecule has 27 heavy (non-hydrogen) atoms. The topological polar surface area (TPSA) is 73.8 Å². The summed E-state index contributed by atoms with van der Waals surface area (Å²) in [6, 6.07) is 18.2. The summed E-state index contributed by atoms with van der Waals surface area (Å²) in [4.78, 5) is 16.5. The zero-order chi connectivity index (χ0) is 18.8. The van der Waals surface area contributed by atoms with Crippen LogP contribution in [0.5, 0.6) is 0 Å². The summed E-state index contributed by atoms with van der Waals surface area (Å²) in [6.45, 7) is 2.09. The molecule has 0 aliphatic heterocycles. The summed E-state index contributed by atoms with van der Waals surface area (Å²) in [5.74, 6) is 0.775. The summed E-state index contributed by atoms with van der Waals surface area (Å²) >= 11 is 6.23. The minimum Gasteiger partial charge on any atom is -0.337 e. The molecule has 0 unspecified atom stereocenters. The number of aromatic nitrogens is 4. The largest absolute Gasteiger partial charge is 0.337 e. The predicted octanol–water partition coefficient (Wildman–Crippen LogP) is 3.97. The van der Waals surface area contributed by atoms with Crippen molar-refractivity contribution in [3.8, 4) is 22.6 Å². The number of benzene rings is 2. The molecule has 0 radical (unpaired) electrons. The van der Waals surface area contributed by atoms with Crippen molar-refractivity contribution < 1.29 is 4.52 Å². The zero-order valence-corrected chi connectivity index (χ0v) is 15.2. The molecule has 0 N–H and O–H groups in total. The van der Waals surface area contributed by atoms with Crippen LogP contribution in [0.3, 0.4) is 0 Å². The van der Waals surface area contributed by atoms with Crippen LogP contribution in [-0.2, 0) is 6.54 Å². The van der Waals surface area contributed by atoms with Gasteiger partial charge in [-0.1, -0.05) is 64.8 Å². The second-order valence-corrected chi connectivity index (χ2v) is 6.48. The summed E-state index contributed by atoms with van der Waals surface area (Å²) in [5, 5.41) is 8.93. The quantitative estimate of drug-likeness (QED) is 0.537. The smallest absolute Gasteiger partial charge is 0.267 e. The Balaban J connectivity index is 1.63. The Kier molecular flexibility index (Phi) is 4.56. The van der Waals surface area contributed by atoms with E-state index < -0.39 is 0 Å². The molecule has 0 atom stereocenters. The van der Waals surface area contributed by atoms with Gasteiger partial charge in [0.2, 0.25) is 11.7 Å². The monoisotopic (exact) mass is 378 g/mol. The van der Waals surface area contributed by atoms with E-state index in [4.69, 9.17) is 16.1 Å². The van der Waals surface area contributed by atoms with Crippen LogP contribution >= 0.6 is 11.6 Å². The molecule has 7 heteroatoms. The van der Waals surface area contributed by atoms with E-state index in [1.165, 1.54) is 10.7 Å². The van der Waals surface area contributed by atoms with Gasteiger partial charge in [-0.2, -0.15) is 10.1 Å². The first kappa shape index (κ1) is 17.2. The van der Waals surface area contributed by atoms with Gasteiger partial charge >= 0.3 is 0 Å². The van der Waals surface area contributed by atoms with Gasteiger partial charge in [-0.15, -0.1) is 0 Å². The molecule has 4 aromatic rings. The van der Waals surface area contributed by atoms with Crippen LogP contribution in [0.25, 0.3) is 22.6 Å². The third kappa shape index (κ3) is 3.66. The van der Waals surface area contributed by atoms with Gasteiger partial charge in [-0.3, -0.25) is 4.79 Å². The second-order valence-electron chi connectivity index (χ2n) is 6.07. The van der Waals surface area contributed by atoms with Crippen LogP contribution in [0.1, 0.15) is 11.5 Å². The second kappa shape index (κ2) is 7.17. The molecule has 0 amide bonds. The predicted molar refractivity (Wildman–Crippen MR) is 103 cm³/mol. The molecule has 0 fully saturated rings. The molecular weight excluding hydrogens is 364 g/mol. The number of rotatable bonds is 4. The zero-order valence-electron chi connectivity index (χ0n) is 14.5. The van der Waals surface area contributed by atoms with Crippen molar-refractivity contribution in [2.45, 2.75) is 13.5 Å². The van der Waals surface area contributed by atoms with Crippen LogP contribution in [0.15, 0.2) is 70.0 Å². The van der Waals surface area contributed by atoms with Gasteiger partial charge in [0.1, 0.15) is 6.54 Å². The lowest BCUT2D eigenvalue weighted by Crippen LogP contribution is -2.23. The van der Waals surface area contributed by atoms with Crippen LogP contribution in [0.4, 0.5) is 0 Å². The Hall–Kier alpha value is -3.25. The fraction of sp³-hybridized carbons (Fsp3) is 0.100. The highest BCUT2D eigenvalue weighted by Crippen LogP contribution is 2.25. The molecule has 0 bridgehead atoms. The Bertz CT molecular complexity index is 1150. The molecule has 2 heterocycles. The van der Waals surface area contributed by atoms with E-state index in [0.717, 1.165) is 16.7 Å². The molecule has 0 aliphatic rings. The highest BCUT2D eigenvalue weighted by Gasteiger charge is 2.12. The average Bonchev–Trinajstić information content (AvgIpc) is 3.13. The van der Waals surface area contributed by atoms with Gasteiger partial charge in [0.25, 0.3) is 5.56 Å². The van der Waals surface area contributed by atoms with Crippen molar-refractivity contribution in [3.05, 3.63) is 87.5 Å². The van der Waals surface area contributed by atoms with Crippen molar-refractivity contribution in [3.63, 3.8) is 0 Å². The third-order valence-corrected chi connectivity index (χ3v) is 4.41. The SMILES string of the molecule is Cc1ccc(-c2noc(Cn3nc(-c4ccccc4Cl)ccc3=O)n2)cc1. The number of hydrogen-bond acceptors (Lipinski definition) is 5. The lowest BCUT2D eigenvalue weighted by molar-refractivity contribution is 0.363. The molecular formula is C20H15ClN4O2. The number of hydrogen-bond donors (Lipinski definition) is 0. The first-order valence-electron chi connectivity index (χ1n) is 8.33. The fourth-order valence-electron chi connectivity index (χ4n) is 2.64.